The van der Waals surface area contributed by atoms with Gasteiger partial charge >= 0.3 is 0 Å². The number of hydrogen-bond donors (Lipinski definition) is 1. The summed E-state index contributed by atoms with van der Waals surface area (Å²) in [7, 11) is -3.68. The predicted molar refractivity (Wildman–Crippen MR) is 113 cm³/mol. The van der Waals surface area contributed by atoms with Crippen molar-refractivity contribution in [3.05, 3.63) is 57.4 Å². The standard InChI is InChI=1S/C20H23ClN2O3S2/c1-15-18(28(25,26)17-8-6-16(21)7-9-17)14-27-19(15)20(24)22-10-5-13-23-11-3-2-4-12-23/h3,6-9,11,14H,2,4-5,10,12-13H2,1H3,(H,22,24). The van der Waals surface area contributed by atoms with Crippen molar-refractivity contribution in [2.75, 3.05) is 19.6 Å². The quantitative estimate of drug-likeness (QED) is 0.655. The molecule has 0 bridgehead atoms. The van der Waals surface area contributed by atoms with E-state index in [4.69, 9.17) is 11.6 Å². The zero-order valence-electron chi connectivity index (χ0n) is 15.7. The number of nitrogens with one attached hydrogen (secondary N) is 1. The predicted octanol–water partition coefficient (Wildman–Crippen LogP) is 4.27. The van der Waals surface area contributed by atoms with Crippen molar-refractivity contribution in [1.82, 2.24) is 10.2 Å². The van der Waals surface area contributed by atoms with Crippen molar-refractivity contribution in [1.29, 1.82) is 0 Å². The first-order valence-corrected chi connectivity index (χ1v) is 11.9. The largest absolute Gasteiger partial charge is 0.378 e. The number of carbonyl (C=O) groups excluding carboxylic acids is 1. The fraction of sp³-hybridized carbons (Fsp3) is 0.350. The fourth-order valence-electron chi connectivity index (χ4n) is 3.09. The van der Waals surface area contributed by atoms with Crippen molar-refractivity contribution >= 4 is 38.7 Å². The Morgan fingerprint density at radius 2 is 2.04 bits per heavy atom. The van der Waals surface area contributed by atoms with Crippen LogP contribution in [0.2, 0.25) is 5.02 Å². The van der Waals surface area contributed by atoms with Gasteiger partial charge in [0, 0.05) is 30.0 Å². The second-order valence-electron chi connectivity index (χ2n) is 6.68. The molecule has 0 saturated heterocycles. The number of hydrogen-bond acceptors (Lipinski definition) is 5. The molecule has 1 aromatic heterocycles. The molecule has 1 N–H and O–H groups in total. The van der Waals surface area contributed by atoms with E-state index in [1.807, 2.05) is 0 Å². The number of carbonyl (C=O) groups is 1. The Balaban J connectivity index is 1.63. The highest BCUT2D eigenvalue weighted by atomic mass is 35.5. The fourth-order valence-corrected chi connectivity index (χ4v) is 6.05. The lowest BCUT2D eigenvalue weighted by molar-refractivity contribution is 0.0955. The molecular formula is C20H23ClN2O3S2. The van der Waals surface area contributed by atoms with Gasteiger partial charge in [-0.2, -0.15) is 0 Å². The molecule has 0 saturated carbocycles. The SMILES string of the molecule is Cc1c(S(=O)(=O)c2ccc(Cl)cc2)csc1C(=O)NCCCN1C=CCCC1. The lowest BCUT2D eigenvalue weighted by Crippen LogP contribution is -2.28. The van der Waals surface area contributed by atoms with E-state index in [9.17, 15) is 13.2 Å². The normalized spacial score (nSPS) is 14.3. The molecule has 0 fully saturated rings. The molecule has 0 radical (unpaired) electrons. The smallest absolute Gasteiger partial charge is 0.261 e. The molecule has 150 valence electrons. The summed E-state index contributed by atoms with van der Waals surface area (Å²) in [5.41, 5.74) is 0.483. The van der Waals surface area contributed by atoms with Gasteiger partial charge in [0.05, 0.1) is 14.7 Å². The molecule has 8 heteroatoms. The van der Waals surface area contributed by atoms with Gasteiger partial charge in [0.1, 0.15) is 0 Å². The summed E-state index contributed by atoms with van der Waals surface area (Å²) in [6.07, 6.45) is 7.42. The first-order chi connectivity index (χ1) is 13.4. The first-order valence-electron chi connectivity index (χ1n) is 9.17. The van der Waals surface area contributed by atoms with Crippen molar-refractivity contribution in [3.8, 4) is 0 Å². The minimum absolute atomic E-state index is 0.166. The Labute approximate surface area is 174 Å². The molecular weight excluding hydrogens is 416 g/mol. The van der Waals surface area contributed by atoms with Crippen LogP contribution < -0.4 is 5.32 Å². The molecule has 1 aliphatic rings. The molecule has 0 aliphatic carbocycles. The van der Waals surface area contributed by atoms with Gasteiger partial charge < -0.3 is 10.2 Å². The molecule has 2 aromatic rings. The minimum Gasteiger partial charge on any atom is -0.378 e. The molecule has 0 spiro atoms. The average Bonchev–Trinajstić information content (AvgIpc) is 3.08. The highest BCUT2D eigenvalue weighted by Gasteiger charge is 2.25. The van der Waals surface area contributed by atoms with Crippen molar-refractivity contribution < 1.29 is 13.2 Å². The van der Waals surface area contributed by atoms with Gasteiger partial charge in [0.15, 0.2) is 0 Å². The van der Waals surface area contributed by atoms with Crippen LogP contribution in [0.3, 0.4) is 0 Å². The van der Waals surface area contributed by atoms with E-state index in [1.54, 1.807) is 19.1 Å². The van der Waals surface area contributed by atoms with Crippen LogP contribution >= 0.6 is 22.9 Å². The Kier molecular flexibility index (Phi) is 6.80. The van der Waals surface area contributed by atoms with Crippen molar-refractivity contribution in [2.24, 2.45) is 0 Å². The summed E-state index contributed by atoms with van der Waals surface area (Å²) in [5.74, 6) is -0.228. The second kappa shape index (κ2) is 9.11. The maximum Gasteiger partial charge on any atom is 0.261 e. The summed E-state index contributed by atoms with van der Waals surface area (Å²) >= 11 is 7.00. The maximum atomic E-state index is 12.9. The van der Waals surface area contributed by atoms with Crippen LogP contribution in [0.5, 0.6) is 0 Å². The molecule has 5 nitrogen and oxygen atoms in total. The summed E-state index contributed by atoms with van der Waals surface area (Å²) in [4.78, 5) is 15.5. The van der Waals surface area contributed by atoms with Gasteiger partial charge in [0.25, 0.3) is 5.91 Å². The average molecular weight is 439 g/mol. The van der Waals surface area contributed by atoms with Crippen LogP contribution in [0, 0.1) is 6.92 Å². The van der Waals surface area contributed by atoms with Crippen LogP contribution in [-0.2, 0) is 9.84 Å². The van der Waals surface area contributed by atoms with Crippen molar-refractivity contribution in [3.63, 3.8) is 0 Å². The molecule has 0 atom stereocenters. The zero-order valence-corrected chi connectivity index (χ0v) is 18.0. The van der Waals surface area contributed by atoms with Gasteiger partial charge in [0.2, 0.25) is 9.84 Å². The van der Waals surface area contributed by atoms with E-state index in [-0.39, 0.29) is 15.7 Å². The molecule has 1 aliphatic heterocycles. The molecule has 1 aromatic carbocycles. The van der Waals surface area contributed by atoms with Crippen LogP contribution in [0.4, 0.5) is 0 Å². The van der Waals surface area contributed by atoms with E-state index >= 15 is 0 Å². The first kappa shape index (κ1) is 20.9. The highest BCUT2D eigenvalue weighted by molar-refractivity contribution is 7.91. The van der Waals surface area contributed by atoms with Crippen LogP contribution in [0.15, 0.2) is 51.7 Å². The Bertz CT molecular complexity index is 966. The Hall–Kier alpha value is -1.83. The number of rotatable bonds is 7. The Morgan fingerprint density at radius 3 is 2.71 bits per heavy atom. The third kappa shape index (κ3) is 4.77. The van der Waals surface area contributed by atoms with Gasteiger partial charge in [-0.15, -0.1) is 11.3 Å². The number of nitrogens with zero attached hydrogens (tertiary/aromatic N) is 1. The summed E-state index contributed by atoms with van der Waals surface area (Å²) < 4.78 is 25.7. The zero-order chi connectivity index (χ0) is 20.1. The third-order valence-electron chi connectivity index (χ3n) is 4.65. The lowest BCUT2D eigenvalue weighted by Gasteiger charge is -2.23. The van der Waals surface area contributed by atoms with Crippen molar-refractivity contribution in [2.45, 2.75) is 36.0 Å². The van der Waals surface area contributed by atoms with Gasteiger partial charge in [-0.05, 0) is 62.2 Å². The number of amides is 1. The minimum atomic E-state index is -3.68. The third-order valence-corrected chi connectivity index (χ3v) is 8.03. The van der Waals surface area contributed by atoms with Crippen LogP contribution in [0.25, 0.3) is 0 Å². The molecule has 3 rings (SSSR count). The summed E-state index contributed by atoms with van der Waals surface area (Å²) in [6, 6.07) is 6.04. The number of sulfone groups is 1. The topological polar surface area (TPSA) is 66.5 Å². The molecule has 2 heterocycles. The van der Waals surface area contributed by atoms with E-state index < -0.39 is 9.84 Å². The van der Waals surface area contributed by atoms with Gasteiger partial charge in [-0.3, -0.25) is 4.79 Å². The highest BCUT2D eigenvalue weighted by Crippen LogP contribution is 2.31. The monoisotopic (exact) mass is 438 g/mol. The number of halogens is 1. The number of allylic oxidation sites excluding steroid dienone is 1. The van der Waals surface area contributed by atoms with Gasteiger partial charge in [-0.25, -0.2) is 8.42 Å². The van der Waals surface area contributed by atoms with Gasteiger partial charge in [-0.1, -0.05) is 17.7 Å². The number of thiophene rings is 1. The summed E-state index contributed by atoms with van der Waals surface area (Å²) in [6.45, 7) is 4.18. The second-order valence-corrected chi connectivity index (χ2v) is 9.92. The van der Waals surface area contributed by atoms with E-state index in [2.05, 4.69) is 22.5 Å². The number of benzene rings is 1. The van der Waals surface area contributed by atoms with E-state index in [0.717, 1.165) is 37.3 Å². The Morgan fingerprint density at radius 1 is 1.29 bits per heavy atom. The maximum absolute atomic E-state index is 12.9. The molecule has 28 heavy (non-hydrogen) atoms. The summed E-state index contributed by atoms with van der Waals surface area (Å²) in [5, 5.41) is 4.91. The van der Waals surface area contributed by atoms with Crippen LogP contribution in [-0.4, -0.2) is 38.9 Å². The van der Waals surface area contributed by atoms with E-state index in [1.165, 1.54) is 23.9 Å². The van der Waals surface area contributed by atoms with Crippen LogP contribution in [0.1, 0.15) is 34.5 Å². The van der Waals surface area contributed by atoms with E-state index in [0.29, 0.717) is 22.0 Å². The molecule has 1 amide bonds. The molecule has 0 unspecified atom stereocenters. The lowest BCUT2D eigenvalue weighted by atomic mass is 10.2.